The molecule has 7 nitrogen and oxygen atoms in total. The van der Waals surface area contributed by atoms with Crippen molar-refractivity contribution in [1.82, 2.24) is 4.90 Å². The topological polar surface area (TPSA) is 124 Å². The highest BCUT2D eigenvalue weighted by Crippen LogP contribution is 2.62. The molecular formula is C21H26N2O5. The number of nitrogens with zero attached hydrogens (tertiary/aromatic N) is 1. The Kier molecular flexibility index (Phi) is 3.73. The van der Waals surface area contributed by atoms with E-state index in [1.807, 2.05) is 0 Å². The summed E-state index contributed by atoms with van der Waals surface area (Å²) in [6.07, 6.45) is 2.43. The van der Waals surface area contributed by atoms with E-state index in [2.05, 4.69) is 4.90 Å². The van der Waals surface area contributed by atoms with Crippen molar-refractivity contribution in [3.05, 3.63) is 28.8 Å². The van der Waals surface area contributed by atoms with Crippen LogP contribution in [0.25, 0.3) is 0 Å². The lowest BCUT2D eigenvalue weighted by Crippen LogP contribution is -2.74. The molecule has 3 fully saturated rings. The average molecular weight is 386 g/mol. The van der Waals surface area contributed by atoms with Gasteiger partial charge in [0.25, 0.3) is 5.91 Å². The van der Waals surface area contributed by atoms with Crippen molar-refractivity contribution in [3.63, 3.8) is 0 Å². The normalized spacial score (nSPS) is 37.3. The molecule has 7 heteroatoms. The second-order valence-electron chi connectivity index (χ2n) is 9.09. The van der Waals surface area contributed by atoms with E-state index in [9.17, 15) is 24.9 Å². The minimum Gasteiger partial charge on any atom is -0.507 e. The molecule has 150 valence electrons. The number of piperidine rings is 1. The van der Waals surface area contributed by atoms with Crippen LogP contribution in [0.15, 0.2) is 12.1 Å². The van der Waals surface area contributed by atoms with Gasteiger partial charge in [-0.15, -0.1) is 0 Å². The van der Waals surface area contributed by atoms with Crippen molar-refractivity contribution < 1.29 is 24.9 Å². The lowest BCUT2D eigenvalue weighted by Gasteiger charge is -2.64. The molecule has 4 aliphatic rings. The molecule has 0 spiro atoms. The van der Waals surface area contributed by atoms with Crippen molar-refractivity contribution in [2.75, 3.05) is 13.1 Å². The smallest absolute Gasteiger partial charge is 0.252 e. The fourth-order valence-corrected chi connectivity index (χ4v) is 6.11. The second kappa shape index (κ2) is 5.78. The number of amides is 1. The number of hydrogen-bond donors (Lipinski definition) is 4. The van der Waals surface area contributed by atoms with E-state index in [4.69, 9.17) is 5.73 Å². The fraction of sp³-hybridized carbons (Fsp3) is 0.619. The summed E-state index contributed by atoms with van der Waals surface area (Å²) in [6.45, 7) is 1.46. The van der Waals surface area contributed by atoms with Crippen LogP contribution < -0.4 is 5.73 Å². The minimum absolute atomic E-state index is 0.0327. The summed E-state index contributed by atoms with van der Waals surface area (Å²) in [5.74, 6) is -0.442. The van der Waals surface area contributed by atoms with Crippen LogP contribution >= 0.6 is 0 Å². The largest absolute Gasteiger partial charge is 0.507 e. The summed E-state index contributed by atoms with van der Waals surface area (Å²) in [4.78, 5) is 26.5. The zero-order chi connectivity index (χ0) is 19.8. The molecule has 5 N–H and O–H groups in total. The molecule has 4 atom stereocenters. The van der Waals surface area contributed by atoms with E-state index in [0.29, 0.717) is 30.0 Å². The van der Waals surface area contributed by atoms with Gasteiger partial charge in [-0.3, -0.25) is 14.5 Å². The number of carbonyl (C=O) groups excluding carboxylic acids is 2. The van der Waals surface area contributed by atoms with Gasteiger partial charge in [-0.2, -0.15) is 0 Å². The van der Waals surface area contributed by atoms with Crippen LogP contribution in [-0.2, 0) is 10.2 Å². The number of hydrogen-bond acceptors (Lipinski definition) is 6. The summed E-state index contributed by atoms with van der Waals surface area (Å²) in [5.41, 5.74) is 3.87. The number of aromatic hydroxyl groups is 1. The molecular weight excluding hydrogens is 360 g/mol. The summed E-state index contributed by atoms with van der Waals surface area (Å²) in [7, 11) is 0. The maximum Gasteiger partial charge on any atom is 0.252 e. The quantitative estimate of drug-likeness (QED) is 0.608. The van der Waals surface area contributed by atoms with E-state index in [0.717, 1.165) is 6.54 Å². The Hall–Kier alpha value is -1.96. The molecule has 2 bridgehead atoms. The van der Waals surface area contributed by atoms with Crippen molar-refractivity contribution >= 4 is 11.7 Å². The van der Waals surface area contributed by atoms with Crippen LogP contribution in [0, 0.1) is 5.92 Å². The van der Waals surface area contributed by atoms with E-state index in [-0.39, 0.29) is 36.4 Å². The fourth-order valence-electron chi connectivity index (χ4n) is 6.11. The highest BCUT2D eigenvalue weighted by atomic mass is 16.3. The van der Waals surface area contributed by atoms with Gasteiger partial charge in [0.2, 0.25) is 0 Å². The second-order valence-corrected chi connectivity index (χ2v) is 9.09. The molecule has 1 heterocycles. The number of phenols is 1. The molecule has 1 amide bonds. The SMILES string of the molecule is NC(=O)c1ccc2c(c1O)[C@]13CCN(CC4CC4)[C@H](C2O)[C@]1(O)CCC(=O)C3. The number of Topliss-reactive ketones (excluding diaryl/α,β-unsaturated/α-hetero) is 1. The number of primary amides is 1. The molecule has 0 radical (unpaired) electrons. The number of benzene rings is 1. The number of likely N-dealkylation sites (tertiary alicyclic amines) is 1. The molecule has 1 aromatic carbocycles. The number of fused-ring (bicyclic) bond motifs is 1. The summed E-state index contributed by atoms with van der Waals surface area (Å²) >= 11 is 0. The summed E-state index contributed by atoms with van der Waals surface area (Å²) in [6, 6.07) is 2.52. The Morgan fingerprint density at radius 3 is 2.71 bits per heavy atom. The first kappa shape index (κ1) is 18.1. The van der Waals surface area contributed by atoms with Gasteiger partial charge in [0.15, 0.2) is 0 Å². The molecule has 5 rings (SSSR count). The Morgan fingerprint density at radius 2 is 2.04 bits per heavy atom. The Balaban J connectivity index is 1.74. The monoisotopic (exact) mass is 386 g/mol. The van der Waals surface area contributed by atoms with Gasteiger partial charge in [-0.25, -0.2) is 0 Å². The zero-order valence-electron chi connectivity index (χ0n) is 15.7. The Morgan fingerprint density at radius 1 is 1.29 bits per heavy atom. The maximum atomic E-state index is 12.5. The Labute approximate surface area is 163 Å². The van der Waals surface area contributed by atoms with Gasteiger partial charge < -0.3 is 21.1 Å². The lowest BCUT2D eigenvalue weighted by molar-refractivity contribution is -0.199. The van der Waals surface area contributed by atoms with Crippen molar-refractivity contribution in [2.45, 2.75) is 61.7 Å². The van der Waals surface area contributed by atoms with Crippen molar-refractivity contribution in [2.24, 2.45) is 11.7 Å². The highest BCUT2D eigenvalue weighted by molar-refractivity contribution is 5.96. The van der Waals surface area contributed by atoms with Gasteiger partial charge in [0.05, 0.1) is 23.3 Å². The maximum absolute atomic E-state index is 12.5. The molecule has 1 aromatic rings. The summed E-state index contributed by atoms with van der Waals surface area (Å²) < 4.78 is 0. The molecule has 0 aromatic heterocycles. The van der Waals surface area contributed by atoms with E-state index in [1.54, 1.807) is 6.07 Å². The first-order chi connectivity index (χ1) is 13.3. The van der Waals surface area contributed by atoms with Gasteiger partial charge in [0.1, 0.15) is 11.5 Å². The molecule has 1 unspecified atom stereocenters. The first-order valence-corrected chi connectivity index (χ1v) is 10.1. The van der Waals surface area contributed by atoms with Crippen LogP contribution in [0.4, 0.5) is 0 Å². The Bertz CT molecular complexity index is 882. The third-order valence-corrected chi connectivity index (χ3v) is 7.58. The number of aliphatic hydroxyl groups is 2. The number of carbonyl (C=O) groups is 2. The van der Waals surface area contributed by atoms with E-state index >= 15 is 0 Å². The van der Waals surface area contributed by atoms with E-state index < -0.39 is 29.1 Å². The number of aliphatic hydroxyl groups excluding tert-OH is 1. The first-order valence-electron chi connectivity index (χ1n) is 10.1. The lowest BCUT2D eigenvalue weighted by atomic mass is 9.48. The number of nitrogens with two attached hydrogens (primary N) is 1. The molecule has 2 saturated carbocycles. The van der Waals surface area contributed by atoms with Crippen LogP contribution in [0.3, 0.4) is 0 Å². The third kappa shape index (κ3) is 2.21. The van der Waals surface area contributed by atoms with Gasteiger partial charge >= 0.3 is 0 Å². The van der Waals surface area contributed by atoms with Gasteiger partial charge in [-0.05, 0) is 49.8 Å². The molecule has 28 heavy (non-hydrogen) atoms. The van der Waals surface area contributed by atoms with Crippen LogP contribution in [-0.4, -0.2) is 56.6 Å². The van der Waals surface area contributed by atoms with Crippen LogP contribution in [0.1, 0.15) is 66.1 Å². The average Bonchev–Trinajstić information content (AvgIpc) is 3.44. The van der Waals surface area contributed by atoms with E-state index in [1.165, 1.54) is 18.9 Å². The van der Waals surface area contributed by atoms with Gasteiger partial charge in [0, 0.05) is 30.4 Å². The minimum atomic E-state index is -1.34. The van der Waals surface area contributed by atoms with Gasteiger partial charge in [-0.1, -0.05) is 6.07 Å². The predicted octanol–water partition coefficient (Wildman–Crippen LogP) is 0.744. The predicted molar refractivity (Wildman–Crippen MR) is 99.8 cm³/mol. The number of ketones is 1. The highest BCUT2D eigenvalue weighted by Gasteiger charge is 2.68. The zero-order valence-corrected chi connectivity index (χ0v) is 15.7. The van der Waals surface area contributed by atoms with Crippen molar-refractivity contribution in [3.8, 4) is 5.75 Å². The number of rotatable bonds is 3. The molecule has 1 aliphatic heterocycles. The summed E-state index contributed by atoms with van der Waals surface area (Å²) in [5, 5.41) is 34.2. The van der Waals surface area contributed by atoms with Crippen molar-refractivity contribution in [1.29, 1.82) is 0 Å². The van der Waals surface area contributed by atoms with Crippen LogP contribution in [0.5, 0.6) is 5.75 Å². The van der Waals surface area contributed by atoms with Crippen LogP contribution in [0.2, 0.25) is 0 Å². The standard InChI is InChI=1S/C21H26N2O5/c22-19(27)14-4-3-13-15(16(14)25)20-7-8-23(10-11-1-2-11)18(17(13)26)21(20,28)6-5-12(24)9-20/h3-4,11,17-18,25-26,28H,1-2,5-10H2,(H2,22,27)/t17?,18-,20-,21-/m1/s1. The molecule has 3 aliphatic carbocycles. The molecule has 1 saturated heterocycles. The third-order valence-electron chi connectivity index (χ3n) is 7.58.